The molecule has 0 atom stereocenters. The van der Waals surface area contributed by atoms with Crippen LogP contribution in [0.2, 0.25) is 0 Å². The molecule has 0 unspecified atom stereocenters. The smallest absolute Gasteiger partial charge is 0.409 e. The van der Waals surface area contributed by atoms with Crippen LogP contribution in [0.15, 0.2) is 24.3 Å². The zero-order chi connectivity index (χ0) is 26.4. The second-order valence-corrected chi connectivity index (χ2v) is 12.0. The molecule has 1 aliphatic carbocycles. The van der Waals surface area contributed by atoms with E-state index in [1.807, 2.05) is 36.9 Å². The van der Waals surface area contributed by atoms with Gasteiger partial charge in [0.15, 0.2) is 0 Å². The summed E-state index contributed by atoms with van der Waals surface area (Å²) in [4.78, 5) is 33.2. The summed E-state index contributed by atoms with van der Waals surface area (Å²) in [6, 6.07) is 7.95. The Morgan fingerprint density at radius 3 is 2.70 bits per heavy atom. The van der Waals surface area contributed by atoms with Crippen molar-refractivity contribution in [1.29, 1.82) is 0 Å². The second-order valence-electron chi connectivity index (χ2n) is 12.0. The fourth-order valence-corrected chi connectivity index (χ4v) is 5.70. The molecule has 37 heavy (non-hydrogen) atoms. The highest BCUT2D eigenvalue weighted by molar-refractivity contribution is 5.99. The molecular formula is C29H39N5O3. The molecule has 5 rings (SSSR count). The van der Waals surface area contributed by atoms with Gasteiger partial charge in [0, 0.05) is 47.4 Å². The number of nitrogens with one attached hydrogen (secondary N) is 2. The molecule has 3 heterocycles. The van der Waals surface area contributed by atoms with Crippen molar-refractivity contribution >= 4 is 22.9 Å². The summed E-state index contributed by atoms with van der Waals surface area (Å²) >= 11 is 0. The number of nitrogens with zero attached hydrogens (tertiary/aromatic N) is 3. The van der Waals surface area contributed by atoms with E-state index in [2.05, 4.69) is 42.0 Å². The third-order valence-electron chi connectivity index (χ3n) is 7.91. The molecule has 0 radical (unpaired) electrons. The van der Waals surface area contributed by atoms with Crippen LogP contribution in [0, 0.1) is 5.41 Å². The Morgan fingerprint density at radius 2 is 1.95 bits per heavy atom. The zero-order valence-electron chi connectivity index (χ0n) is 22.7. The highest BCUT2D eigenvalue weighted by Gasteiger charge is 2.39. The maximum absolute atomic E-state index is 13.6. The van der Waals surface area contributed by atoms with E-state index in [1.165, 1.54) is 11.3 Å². The molecule has 1 saturated heterocycles. The number of fused-ring (bicyclic) bond motifs is 2. The van der Waals surface area contributed by atoms with Gasteiger partial charge in [-0.1, -0.05) is 33.3 Å². The molecule has 198 valence electrons. The van der Waals surface area contributed by atoms with E-state index in [4.69, 9.17) is 4.74 Å². The fraction of sp³-hybridized carbons (Fsp3) is 0.552. The van der Waals surface area contributed by atoms with Gasteiger partial charge in [-0.25, -0.2) is 4.79 Å². The van der Waals surface area contributed by atoms with Crippen LogP contribution in [0.1, 0.15) is 75.5 Å². The number of piperazine rings is 1. The summed E-state index contributed by atoms with van der Waals surface area (Å²) in [5, 5.41) is 8.97. The summed E-state index contributed by atoms with van der Waals surface area (Å²) in [6.07, 6.45) is 4.71. The lowest BCUT2D eigenvalue weighted by molar-refractivity contribution is 0.0134. The summed E-state index contributed by atoms with van der Waals surface area (Å²) in [7, 11) is 0. The van der Waals surface area contributed by atoms with Crippen LogP contribution in [0.25, 0.3) is 22.3 Å². The maximum atomic E-state index is 13.6. The first-order valence-corrected chi connectivity index (χ1v) is 13.5. The minimum Gasteiger partial charge on any atom is -0.449 e. The largest absolute Gasteiger partial charge is 0.449 e. The number of amides is 2. The number of carbonyl (C=O) groups is 2. The van der Waals surface area contributed by atoms with Gasteiger partial charge >= 0.3 is 6.09 Å². The predicted molar refractivity (Wildman–Crippen MR) is 145 cm³/mol. The lowest BCUT2D eigenvalue weighted by Crippen LogP contribution is -2.62. The van der Waals surface area contributed by atoms with E-state index >= 15 is 0 Å². The third-order valence-corrected chi connectivity index (χ3v) is 7.91. The average molecular weight is 506 g/mol. The van der Waals surface area contributed by atoms with Crippen LogP contribution in [-0.4, -0.2) is 68.8 Å². The SMILES string of the molecule is CCCCOC(=O)N1CCN(C(=O)c2ccc3cc(-c4n[nH]c5c4CCC(C)(C)C5)[nH]c3c2)C(C)(C)C1. The van der Waals surface area contributed by atoms with Gasteiger partial charge in [-0.2, -0.15) is 5.10 Å². The highest BCUT2D eigenvalue weighted by Crippen LogP contribution is 2.38. The van der Waals surface area contributed by atoms with E-state index in [0.717, 1.165) is 54.4 Å². The zero-order valence-corrected chi connectivity index (χ0v) is 22.7. The fourth-order valence-electron chi connectivity index (χ4n) is 5.70. The molecule has 3 aromatic rings. The minimum atomic E-state index is -0.503. The van der Waals surface area contributed by atoms with E-state index in [1.54, 1.807) is 4.90 Å². The topological polar surface area (TPSA) is 94.3 Å². The molecule has 8 heteroatoms. The molecule has 8 nitrogen and oxygen atoms in total. The number of rotatable bonds is 5. The maximum Gasteiger partial charge on any atom is 0.409 e. The Balaban J connectivity index is 1.33. The van der Waals surface area contributed by atoms with Gasteiger partial charge < -0.3 is 19.5 Å². The van der Waals surface area contributed by atoms with Gasteiger partial charge in [-0.15, -0.1) is 0 Å². The van der Waals surface area contributed by atoms with Gasteiger partial charge in [0.05, 0.1) is 17.8 Å². The molecule has 2 amide bonds. The van der Waals surface area contributed by atoms with Crippen LogP contribution >= 0.6 is 0 Å². The van der Waals surface area contributed by atoms with Crippen LogP contribution < -0.4 is 0 Å². The molecule has 1 aliphatic heterocycles. The molecule has 2 N–H and O–H groups in total. The number of benzene rings is 1. The third kappa shape index (κ3) is 4.98. The molecule has 2 aliphatic rings. The lowest BCUT2D eigenvalue weighted by atomic mass is 9.76. The Morgan fingerprint density at radius 1 is 1.14 bits per heavy atom. The van der Waals surface area contributed by atoms with E-state index in [9.17, 15) is 9.59 Å². The summed E-state index contributed by atoms with van der Waals surface area (Å²) in [5.41, 5.74) is 5.85. The number of unbranched alkanes of at least 4 members (excludes halogenated alkanes) is 1. The Hall–Kier alpha value is -3.29. The van der Waals surface area contributed by atoms with E-state index < -0.39 is 5.54 Å². The van der Waals surface area contributed by atoms with Gasteiger partial charge in [-0.3, -0.25) is 9.89 Å². The lowest BCUT2D eigenvalue weighted by Gasteiger charge is -2.46. The first kappa shape index (κ1) is 25.4. The van der Waals surface area contributed by atoms with Crippen LogP contribution in [0.3, 0.4) is 0 Å². The van der Waals surface area contributed by atoms with Crippen molar-refractivity contribution in [3.63, 3.8) is 0 Å². The number of ether oxygens (including phenoxy) is 1. The quantitative estimate of drug-likeness (QED) is 0.445. The number of carbonyl (C=O) groups excluding carboxylic acids is 2. The summed E-state index contributed by atoms with van der Waals surface area (Å²) in [6.45, 7) is 12.5. The van der Waals surface area contributed by atoms with Gasteiger partial charge in [-0.05, 0) is 63.1 Å². The first-order chi connectivity index (χ1) is 17.6. The average Bonchev–Trinajstić information content (AvgIpc) is 3.45. The van der Waals surface area contributed by atoms with Gasteiger partial charge in [0.2, 0.25) is 0 Å². The van der Waals surface area contributed by atoms with Crippen molar-refractivity contribution in [2.24, 2.45) is 5.41 Å². The van der Waals surface area contributed by atoms with Crippen molar-refractivity contribution in [2.45, 2.75) is 72.3 Å². The predicted octanol–water partition coefficient (Wildman–Crippen LogP) is 5.55. The standard InChI is InChI=1S/C29H39N5O3/c1-6-7-14-37-27(36)33-12-13-34(29(4,5)18-33)26(35)20-9-8-19-15-23(30-22(19)16-20)25-21-10-11-28(2,3)17-24(21)31-32-25/h8-9,15-16,30H,6-7,10-14,17-18H2,1-5H3,(H,31,32). The Bertz CT molecular complexity index is 1320. The van der Waals surface area contributed by atoms with Crippen LogP contribution in [-0.2, 0) is 17.6 Å². The van der Waals surface area contributed by atoms with Crippen molar-refractivity contribution in [3.05, 3.63) is 41.1 Å². The first-order valence-electron chi connectivity index (χ1n) is 13.5. The van der Waals surface area contributed by atoms with E-state index in [0.29, 0.717) is 37.2 Å². The molecule has 1 fully saturated rings. The number of hydrogen-bond acceptors (Lipinski definition) is 4. The Labute approximate surface area is 218 Å². The summed E-state index contributed by atoms with van der Waals surface area (Å²) in [5.74, 6) is -0.0265. The normalized spacial score (nSPS) is 18.6. The van der Waals surface area contributed by atoms with Crippen molar-refractivity contribution in [1.82, 2.24) is 25.0 Å². The van der Waals surface area contributed by atoms with Crippen LogP contribution in [0.5, 0.6) is 0 Å². The Kier molecular flexibility index (Phi) is 6.54. The van der Waals surface area contributed by atoms with Gasteiger partial charge in [0.1, 0.15) is 5.69 Å². The molecule has 0 bridgehead atoms. The number of aromatic nitrogens is 3. The number of H-pyrrole nitrogens is 2. The molecule has 1 aromatic carbocycles. The molecule has 0 saturated carbocycles. The number of aromatic amines is 2. The van der Waals surface area contributed by atoms with Crippen molar-refractivity contribution in [3.8, 4) is 11.4 Å². The highest BCUT2D eigenvalue weighted by atomic mass is 16.6. The molecule has 0 spiro atoms. The molecule has 2 aromatic heterocycles. The monoisotopic (exact) mass is 505 g/mol. The van der Waals surface area contributed by atoms with Gasteiger partial charge in [0.25, 0.3) is 5.91 Å². The second kappa shape index (κ2) is 9.54. The summed E-state index contributed by atoms with van der Waals surface area (Å²) < 4.78 is 5.39. The van der Waals surface area contributed by atoms with Crippen molar-refractivity contribution < 1.29 is 14.3 Å². The van der Waals surface area contributed by atoms with Crippen LogP contribution in [0.4, 0.5) is 4.79 Å². The minimum absolute atomic E-state index is 0.0265. The van der Waals surface area contributed by atoms with Crippen molar-refractivity contribution in [2.75, 3.05) is 26.2 Å². The number of hydrogen-bond donors (Lipinski definition) is 2. The van der Waals surface area contributed by atoms with E-state index in [-0.39, 0.29) is 12.0 Å². The molecular weight excluding hydrogens is 466 g/mol.